The number of halogens is 3. The monoisotopic (exact) mass is 419 g/mol. The van der Waals surface area contributed by atoms with Crippen molar-refractivity contribution in [1.82, 2.24) is 10.6 Å². The molecule has 0 spiro atoms. The lowest BCUT2D eigenvalue weighted by Crippen LogP contribution is -2.70. The van der Waals surface area contributed by atoms with Crippen molar-refractivity contribution in [2.45, 2.75) is 88.9 Å². The van der Waals surface area contributed by atoms with Gasteiger partial charge in [0.15, 0.2) is 5.67 Å². The van der Waals surface area contributed by atoms with Gasteiger partial charge < -0.3 is 16.4 Å². The zero-order chi connectivity index (χ0) is 22.3. The number of hydrogen-bond acceptors (Lipinski definition) is 4. The van der Waals surface area contributed by atoms with Crippen LogP contribution >= 0.6 is 0 Å². The van der Waals surface area contributed by atoms with Gasteiger partial charge in [-0.2, -0.15) is 0 Å². The van der Waals surface area contributed by atoms with Crippen molar-refractivity contribution >= 4 is 23.5 Å². The quantitative estimate of drug-likeness (QED) is 0.517. The molecule has 2 saturated carbocycles. The fraction of sp³-hybridized carbons (Fsp3) is 0.789. The van der Waals surface area contributed by atoms with Crippen molar-refractivity contribution in [1.29, 1.82) is 0 Å². The van der Waals surface area contributed by atoms with Crippen LogP contribution in [0.5, 0.6) is 0 Å². The molecule has 0 aliphatic heterocycles. The molecule has 2 aliphatic rings. The lowest BCUT2D eigenvalue weighted by Gasteiger charge is -2.46. The summed E-state index contributed by atoms with van der Waals surface area (Å²) in [7, 11) is 0. The Morgan fingerprint density at radius 2 is 1.62 bits per heavy atom. The van der Waals surface area contributed by atoms with Gasteiger partial charge in [0.05, 0.1) is 0 Å². The Morgan fingerprint density at radius 3 is 2.03 bits per heavy atom. The van der Waals surface area contributed by atoms with Gasteiger partial charge in [0.1, 0.15) is 11.6 Å². The van der Waals surface area contributed by atoms with Crippen LogP contribution in [0.3, 0.4) is 0 Å². The predicted octanol–water partition coefficient (Wildman–Crippen LogP) is 1.53. The molecule has 0 aromatic heterocycles. The molecule has 0 aromatic rings. The van der Waals surface area contributed by atoms with Gasteiger partial charge in [-0.3, -0.25) is 19.2 Å². The Labute approximate surface area is 167 Å². The summed E-state index contributed by atoms with van der Waals surface area (Å²) in [5.74, 6) is -7.93. The standard InChI is InChI=1S/C19H28F3N3O4/c1-16(2,20)15(29)24-11(8-17(3)6-4-5-7-17)14(28)25-18(12(26)13(23)27)9-19(21,22)10-18/h11H,4-10H2,1-3H3,(H2,23,27)(H,24,29)(H,25,28)/t11-/m0/s1. The molecule has 3 amide bonds. The molecule has 4 N–H and O–H groups in total. The van der Waals surface area contributed by atoms with E-state index >= 15 is 0 Å². The minimum Gasteiger partial charge on any atom is -0.363 e. The fourth-order valence-electron chi connectivity index (χ4n) is 4.16. The number of nitrogens with one attached hydrogen (secondary N) is 2. The maximum Gasteiger partial charge on any atom is 0.287 e. The van der Waals surface area contributed by atoms with Gasteiger partial charge in [-0.25, -0.2) is 13.2 Å². The summed E-state index contributed by atoms with van der Waals surface area (Å²) in [5.41, 5.74) is 0.275. The molecule has 0 saturated heterocycles. The largest absolute Gasteiger partial charge is 0.363 e. The van der Waals surface area contributed by atoms with Gasteiger partial charge in [0, 0.05) is 12.8 Å². The second-order valence-corrected chi connectivity index (χ2v) is 9.19. The SMILES string of the molecule is CC1(C[C@H](NC(=O)C(C)(C)F)C(=O)NC2(C(=O)C(N)=O)CC(F)(F)C2)CCCC1. The number of nitrogens with two attached hydrogens (primary N) is 1. The molecule has 29 heavy (non-hydrogen) atoms. The van der Waals surface area contributed by atoms with Crippen molar-refractivity contribution in [2.75, 3.05) is 0 Å². The second-order valence-electron chi connectivity index (χ2n) is 9.19. The summed E-state index contributed by atoms with van der Waals surface area (Å²) in [6.45, 7) is 3.98. The number of alkyl halides is 3. The van der Waals surface area contributed by atoms with E-state index in [1.807, 2.05) is 6.92 Å². The zero-order valence-electron chi connectivity index (χ0n) is 16.9. The number of carbonyl (C=O) groups excluding carboxylic acids is 4. The normalized spacial score (nSPS) is 22.8. The summed E-state index contributed by atoms with van der Waals surface area (Å²) in [4.78, 5) is 48.4. The van der Waals surface area contributed by atoms with Crippen LogP contribution in [-0.2, 0) is 19.2 Å². The maximum atomic E-state index is 14.0. The first-order valence-electron chi connectivity index (χ1n) is 9.63. The Kier molecular flexibility index (Phi) is 6.07. The third kappa shape index (κ3) is 5.27. The summed E-state index contributed by atoms with van der Waals surface area (Å²) in [5, 5.41) is 4.54. The van der Waals surface area contributed by atoms with Gasteiger partial charge in [-0.05, 0) is 38.5 Å². The number of Topliss-reactive ketones (excluding diaryl/α,β-unsaturated/α-hetero) is 1. The molecule has 1 atom stereocenters. The lowest BCUT2D eigenvalue weighted by molar-refractivity contribution is -0.168. The Balaban J connectivity index is 2.24. The zero-order valence-corrected chi connectivity index (χ0v) is 16.9. The average molecular weight is 419 g/mol. The number of hydrogen-bond donors (Lipinski definition) is 3. The minimum atomic E-state index is -3.23. The van der Waals surface area contributed by atoms with Crippen LogP contribution < -0.4 is 16.4 Å². The second kappa shape index (κ2) is 7.60. The molecule has 164 valence electrons. The van der Waals surface area contributed by atoms with Crippen LogP contribution in [0.1, 0.15) is 65.7 Å². The smallest absolute Gasteiger partial charge is 0.287 e. The van der Waals surface area contributed by atoms with E-state index in [9.17, 15) is 32.3 Å². The molecule has 2 aliphatic carbocycles. The number of ketones is 1. The van der Waals surface area contributed by atoms with E-state index in [-0.39, 0.29) is 11.8 Å². The van der Waals surface area contributed by atoms with Gasteiger partial charge in [-0.15, -0.1) is 0 Å². The van der Waals surface area contributed by atoms with Crippen molar-refractivity contribution in [2.24, 2.45) is 11.1 Å². The molecule has 0 unspecified atom stereocenters. The summed E-state index contributed by atoms with van der Waals surface area (Å²) in [6.07, 6.45) is 1.48. The van der Waals surface area contributed by atoms with Crippen molar-refractivity contribution < 1.29 is 32.3 Å². The van der Waals surface area contributed by atoms with Crippen molar-refractivity contribution in [3.63, 3.8) is 0 Å². The van der Waals surface area contributed by atoms with Crippen LogP contribution in [0, 0.1) is 5.41 Å². The van der Waals surface area contributed by atoms with E-state index in [4.69, 9.17) is 5.73 Å². The first-order valence-corrected chi connectivity index (χ1v) is 9.63. The van der Waals surface area contributed by atoms with Crippen LogP contribution in [0.25, 0.3) is 0 Å². The highest BCUT2D eigenvalue weighted by molar-refractivity contribution is 6.39. The van der Waals surface area contributed by atoms with Crippen molar-refractivity contribution in [3.8, 4) is 0 Å². The number of rotatable bonds is 8. The molecule has 0 bridgehead atoms. The van der Waals surface area contributed by atoms with Gasteiger partial charge in [0.25, 0.3) is 17.7 Å². The van der Waals surface area contributed by atoms with Crippen molar-refractivity contribution in [3.05, 3.63) is 0 Å². The molecule has 10 heteroatoms. The highest BCUT2D eigenvalue weighted by Gasteiger charge is 2.63. The van der Waals surface area contributed by atoms with E-state index in [1.165, 1.54) is 0 Å². The third-order valence-electron chi connectivity index (χ3n) is 5.81. The molecular formula is C19H28F3N3O4. The van der Waals surface area contributed by atoms with Gasteiger partial charge >= 0.3 is 0 Å². The first-order chi connectivity index (χ1) is 13.1. The summed E-state index contributed by atoms with van der Waals surface area (Å²) >= 11 is 0. The molecule has 0 radical (unpaired) electrons. The van der Waals surface area contributed by atoms with Crippen LogP contribution in [0.2, 0.25) is 0 Å². The highest BCUT2D eigenvalue weighted by Crippen LogP contribution is 2.46. The van der Waals surface area contributed by atoms with Crippen LogP contribution in [0.4, 0.5) is 13.2 Å². The van der Waals surface area contributed by atoms with E-state index in [1.54, 1.807) is 0 Å². The Hall–Kier alpha value is -2.13. The Bertz CT molecular complexity index is 704. The number of primary amides is 1. The van der Waals surface area contributed by atoms with E-state index in [0.29, 0.717) is 0 Å². The molecule has 2 rings (SSSR count). The highest BCUT2D eigenvalue weighted by atomic mass is 19.3. The van der Waals surface area contributed by atoms with Crippen LogP contribution in [-0.4, -0.2) is 46.7 Å². The number of amides is 3. The topological polar surface area (TPSA) is 118 Å². The van der Waals surface area contributed by atoms with E-state index in [2.05, 4.69) is 10.6 Å². The first kappa shape index (κ1) is 23.2. The minimum absolute atomic E-state index is 0.151. The third-order valence-corrected chi connectivity index (χ3v) is 5.81. The molecule has 0 heterocycles. The maximum absolute atomic E-state index is 14.0. The Morgan fingerprint density at radius 1 is 1.10 bits per heavy atom. The van der Waals surface area contributed by atoms with Crippen LogP contribution in [0.15, 0.2) is 0 Å². The predicted molar refractivity (Wildman–Crippen MR) is 97.6 cm³/mol. The van der Waals surface area contributed by atoms with Gasteiger partial charge in [-0.1, -0.05) is 19.8 Å². The fourth-order valence-corrected chi connectivity index (χ4v) is 4.16. The van der Waals surface area contributed by atoms with E-state index in [0.717, 1.165) is 39.5 Å². The van der Waals surface area contributed by atoms with Gasteiger partial charge in [0.2, 0.25) is 11.7 Å². The summed E-state index contributed by atoms with van der Waals surface area (Å²) in [6, 6.07) is -1.24. The van der Waals surface area contributed by atoms with E-state index < -0.39 is 59.5 Å². The molecule has 2 fully saturated rings. The summed E-state index contributed by atoms with van der Waals surface area (Å²) < 4.78 is 41.0. The molecule has 0 aromatic carbocycles. The lowest BCUT2D eigenvalue weighted by atomic mass is 9.70. The molecular weight excluding hydrogens is 391 g/mol. The number of carbonyl (C=O) groups is 4. The molecule has 7 nitrogen and oxygen atoms in total. The average Bonchev–Trinajstić information content (AvgIpc) is 2.96.